The summed E-state index contributed by atoms with van der Waals surface area (Å²) in [5.41, 5.74) is 1.65. The van der Waals surface area contributed by atoms with Crippen LogP contribution in [0.25, 0.3) is 0 Å². The van der Waals surface area contributed by atoms with Gasteiger partial charge in [0.05, 0.1) is 0 Å². The molecule has 101 valence electrons. The van der Waals surface area contributed by atoms with Crippen molar-refractivity contribution in [2.24, 2.45) is 0 Å². The molecule has 0 aliphatic heterocycles. The molecule has 0 saturated heterocycles. The van der Waals surface area contributed by atoms with E-state index in [0.717, 1.165) is 12.0 Å². The number of benzene rings is 2. The van der Waals surface area contributed by atoms with E-state index in [9.17, 15) is 9.90 Å². The summed E-state index contributed by atoms with van der Waals surface area (Å²) in [7, 11) is 0. The van der Waals surface area contributed by atoms with E-state index in [1.165, 1.54) is 45.5 Å². The third-order valence-electron chi connectivity index (χ3n) is 3.13. The van der Waals surface area contributed by atoms with Crippen LogP contribution in [0.4, 0.5) is 0 Å². The summed E-state index contributed by atoms with van der Waals surface area (Å²) in [6.45, 7) is 3.02. The molecule has 0 aliphatic carbocycles. The van der Waals surface area contributed by atoms with Crippen LogP contribution in [0.3, 0.4) is 0 Å². The molecule has 0 spiro atoms. The zero-order valence-electron chi connectivity index (χ0n) is 11.7. The van der Waals surface area contributed by atoms with Gasteiger partial charge in [-0.1, -0.05) is 0 Å². The molecule has 0 unspecified atom stereocenters. The van der Waals surface area contributed by atoms with Crippen LogP contribution in [-0.4, -0.2) is 39.0 Å². The van der Waals surface area contributed by atoms with Gasteiger partial charge in [0.2, 0.25) is 0 Å². The Hall–Kier alpha value is -1.13. The normalized spacial score (nSPS) is 11.4. The van der Waals surface area contributed by atoms with Crippen LogP contribution in [-0.2, 0) is 6.42 Å². The summed E-state index contributed by atoms with van der Waals surface area (Å²) < 4.78 is 1.34. The van der Waals surface area contributed by atoms with Crippen LogP contribution in [0.15, 0.2) is 48.5 Å². The quantitative estimate of drug-likeness (QED) is 0.659. The Morgan fingerprint density at radius 1 is 1.00 bits per heavy atom. The predicted molar refractivity (Wildman–Crippen MR) is 81.7 cm³/mol. The van der Waals surface area contributed by atoms with Gasteiger partial charge in [-0.05, 0) is 0 Å². The number of aliphatic hydroxyl groups is 1. The van der Waals surface area contributed by atoms with Crippen molar-refractivity contribution in [2.75, 3.05) is 0 Å². The first-order valence-corrected chi connectivity index (χ1v) is 7.95. The van der Waals surface area contributed by atoms with Crippen molar-refractivity contribution in [2.45, 2.75) is 25.9 Å². The topological polar surface area (TPSA) is 37.3 Å². The molecular weight excluding hydrogens is 355 g/mol. The third-order valence-corrected chi connectivity index (χ3v) is 4.09. The molecule has 0 aromatic heterocycles. The first kappa shape index (κ1) is 15.3. The fourth-order valence-corrected chi connectivity index (χ4v) is 2.46. The maximum absolute atomic E-state index is 11.9. The second kappa shape index (κ2) is 6.10. The number of rotatable bonds is 4. The van der Waals surface area contributed by atoms with Gasteiger partial charge in [0.25, 0.3) is 0 Å². The van der Waals surface area contributed by atoms with Gasteiger partial charge >= 0.3 is 133 Å². The minimum absolute atomic E-state index is 0.248. The minimum atomic E-state index is -1.32. The van der Waals surface area contributed by atoms with Crippen LogP contribution in [0.5, 0.6) is 0 Å². The van der Waals surface area contributed by atoms with Crippen LogP contribution < -0.4 is 3.58 Å². The van der Waals surface area contributed by atoms with Crippen molar-refractivity contribution in [1.29, 1.82) is 0 Å². The Labute approximate surface area is 132 Å². The standard InChI is InChI=1S/C17H17O2.Sn/c1-17(2,19)16(18)15-10-8-14(9-11-15)12-13-6-4-3-5-7-13;/h4-11,19H,12H2,1-2H3;. The molecule has 2 aromatic rings. The Morgan fingerprint density at radius 2 is 1.45 bits per heavy atom. The first-order chi connectivity index (χ1) is 9.36. The molecule has 0 fully saturated rings. The summed E-state index contributed by atoms with van der Waals surface area (Å²) in [5.74, 6) is -0.248. The van der Waals surface area contributed by atoms with E-state index < -0.39 is 5.60 Å². The summed E-state index contributed by atoms with van der Waals surface area (Å²) >= 11 is 1.43. The van der Waals surface area contributed by atoms with Gasteiger partial charge in [-0.3, -0.25) is 0 Å². The van der Waals surface area contributed by atoms with Gasteiger partial charge in [-0.15, -0.1) is 0 Å². The molecule has 0 bridgehead atoms. The molecule has 1 N–H and O–H groups in total. The number of carbonyl (C=O) groups is 1. The van der Waals surface area contributed by atoms with Crippen molar-refractivity contribution in [3.63, 3.8) is 0 Å². The van der Waals surface area contributed by atoms with Crippen molar-refractivity contribution >= 4 is 31.9 Å². The fourth-order valence-electron chi connectivity index (χ4n) is 1.99. The zero-order chi connectivity index (χ0) is 14.8. The van der Waals surface area contributed by atoms with Gasteiger partial charge in [-0.25, -0.2) is 0 Å². The molecule has 3 heteroatoms. The number of ketones is 1. The zero-order valence-corrected chi connectivity index (χ0v) is 14.5. The average Bonchev–Trinajstić information content (AvgIpc) is 2.40. The van der Waals surface area contributed by atoms with E-state index in [4.69, 9.17) is 0 Å². The van der Waals surface area contributed by atoms with E-state index in [1.54, 1.807) is 12.1 Å². The number of carbonyl (C=O) groups excluding carboxylic acids is 1. The van der Waals surface area contributed by atoms with E-state index in [0.29, 0.717) is 5.56 Å². The second-order valence-corrected chi connectivity index (χ2v) is 7.11. The van der Waals surface area contributed by atoms with Gasteiger partial charge in [0.1, 0.15) is 0 Å². The molecule has 2 rings (SSSR count). The van der Waals surface area contributed by atoms with Crippen LogP contribution in [0.1, 0.15) is 35.3 Å². The Kier molecular flexibility index (Phi) is 4.66. The van der Waals surface area contributed by atoms with Crippen molar-refractivity contribution in [3.05, 3.63) is 65.2 Å². The van der Waals surface area contributed by atoms with Gasteiger partial charge < -0.3 is 0 Å². The first-order valence-electron chi connectivity index (χ1n) is 6.53. The fraction of sp³-hybridized carbons (Fsp3) is 0.235. The van der Waals surface area contributed by atoms with Crippen molar-refractivity contribution in [1.82, 2.24) is 0 Å². The predicted octanol–water partition coefficient (Wildman–Crippen LogP) is 2.02. The summed E-state index contributed by atoms with van der Waals surface area (Å²) in [6, 6.07) is 16.0. The SMILES string of the molecule is CC(C)(O)C(=O)c1ccc(Cc2cc[c]([Sn])cc2)cc1. The van der Waals surface area contributed by atoms with Gasteiger partial charge in [-0.2, -0.15) is 0 Å². The average molecular weight is 372 g/mol. The molecule has 0 saturated carbocycles. The monoisotopic (exact) mass is 373 g/mol. The Bertz CT molecular complexity index is 592. The molecular formula is C17H17O2Sn. The van der Waals surface area contributed by atoms with E-state index in [-0.39, 0.29) is 5.78 Å². The molecule has 2 nitrogen and oxygen atoms in total. The molecule has 20 heavy (non-hydrogen) atoms. The van der Waals surface area contributed by atoms with E-state index >= 15 is 0 Å². The summed E-state index contributed by atoms with van der Waals surface area (Å²) in [5, 5.41) is 9.72. The van der Waals surface area contributed by atoms with E-state index in [1.807, 2.05) is 12.1 Å². The molecule has 0 amide bonds. The van der Waals surface area contributed by atoms with Crippen LogP contribution >= 0.6 is 0 Å². The molecule has 2 aromatic carbocycles. The number of Topliss-reactive ketones (excluding diaryl/α,β-unsaturated/α-hetero) is 1. The van der Waals surface area contributed by atoms with Gasteiger partial charge in [0.15, 0.2) is 0 Å². The molecule has 3 radical (unpaired) electrons. The van der Waals surface area contributed by atoms with Crippen molar-refractivity contribution < 1.29 is 9.90 Å². The third kappa shape index (κ3) is 3.93. The molecule has 0 heterocycles. The Morgan fingerprint density at radius 3 is 1.90 bits per heavy atom. The number of hydrogen-bond donors (Lipinski definition) is 1. The summed E-state index contributed by atoms with van der Waals surface area (Å²) in [6.07, 6.45) is 0.855. The molecule has 0 aliphatic rings. The van der Waals surface area contributed by atoms with Gasteiger partial charge in [0, 0.05) is 0 Å². The molecule has 0 atom stereocenters. The van der Waals surface area contributed by atoms with Crippen LogP contribution in [0.2, 0.25) is 0 Å². The summed E-state index contributed by atoms with van der Waals surface area (Å²) in [4.78, 5) is 11.9. The number of hydrogen-bond acceptors (Lipinski definition) is 2. The second-order valence-electron chi connectivity index (χ2n) is 5.46. The van der Waals surface area contributed by atoms with Crippen molar-refractivity contribution in [3.8, 4) is 0 Å². The van der Waals surface area contributed by atoms with E-state index in [2.05, 4.69) is 24.3 Å². The van der Waals surface area contributed by atoms with Crippen LogP contribution in [0, 0.1) is 0 Å². The Balaban J connectivity index is 2.12. The maximum atomic E-state index is 11.9.